The molecule has 3 aromatic rings. The maximum Gasteiger partial charge on any atom is 0.0146 e. The number of benzene rings is 3. The molecule has 0 fully saturated rings. The monoisotopic (exact) mass is 402 g/mol. The van der Waals surface area contributed by atoms with Crippen LogP contribution in [-0.2, 0) is 10.8 Å². The summed E-state index contributed by atoms with van der Waals surface area (Å²) < 4.78 is 0. The Morgan fingerprint density at radius 2 is 0.600 bits per heavy atom. The highest BCUT2D eigenvalue weighted by Crippen LogP contribution is 2.30. The van der Waals surface area contributed by atoms with Crippen molar-refractivity contribution in [2.75, 3.05) is 0 Å². The van der Waals surface area contributed by atoms with Crippen molar-refractivity contribution in [3.63, 3.8) is 0 Å². The summed E-state index contributed by atoms with van der Waals surface area (Å²) in [6.07, 6.45) is 0. The Morgan fingerprint density at radius 3 is 0.800 bits per heavy atom. The minimum atomic E-state index is 0.0858. The maximum atomic E-state index is 2.26. The Hall–Kier alpha value is -2.34. The summed E-state index contributed by atoms with van der Waals surface area (Å²) in [5.41, 5.74) is 4.99. The van der Waals surface area contributed by atoms with Gasteiger partial charge in [-0.05, 0) is 27.5 Å². The summed E-state index contributed by atoms with van der Waals surface area (Å²) in [6, 6.07) is 31.8. The average Bonchev–Trinajstić information content (AvgIpc) is 2.69. The van der Waals surface area contributed by atoms with Crippen LogP contribution in [0.25, 0.3) is 0 Å². The molecular weight excluding hydrogens is 360 g/mol. The Labute approximate surface area is 186 Å². The van der Waals surface area contributed by atoms with E-state index in [0.29, 0.717) is 10.8 Å². The molecule has 0 radical (unpaired) electrons. The van der Waals surface area contributed by atoms with Crippen LogP contribution in [0.1, 0.15) is 79.0 Å². The molecule has 0 aliphatic carbocycles. The largest absolute Gasteiger partial charge is 0.0622 e. The van der Waals surface area contributed by atoms with Crippen molar-refractivity contribution in [2.24, 2.45) is 5.41 Å². The van der Waals surface area contributed by atoms with E-state index in [1.807, 2.05) is 0 Å². The Bertz CT molecular complexity index is 766. The molecule has 0 aliphatic heterocycles. The molecule has 162 valence electrons. The minimum Gasteiger partial charge on any atom is -0.0622 e. The van der Waals surface area contributed by atoms with Gasteiger partial charge >= 0.3 is 0 Å². The van der Waals surface area contributed by atoms with Crippen molar-refractivity contribution in [1.29, 1.82) is 0 Å². The molecule has 0 saturated carbocycles. The van der Waals surface area contributed by atoms with Crippen molar-refractivity contribution in [1.82, 2.24) is 0 Å². The maximum absolute atomic E-state index is 2.26. The molecule has 30 heavy (non-hydrogen) atoms. The van der Waals surface area contributed by atoms with Crippen LogP contribution < -0.4 is 0 Å². The van der Waals surface area contributed by atoms with Gasteiger partial charge in [0.15, 0.2) is 0 Å². The lowest BCUT2D eigenvalue weighted by atomic mass is 9.78. The van der Waals surface area contributed by atoms with E-state index in [0.717, 1.165) is 0 Å². The van der Waals surface area contributed by atoms with Crippen LogP contribution in [0.4, 0.5) is 0 Å². The fourth-order valence-corrected chi connectivity index (χ4v) is 2.81. The summed E-state index contributed by atoms with van der Waals surface area (Å²) in [5.74, 6) is 0. The van der Waals surface area contributed by atoms with Gasteiger partial charge in [-0.2, -0.15) is 0 Å². The minimum absolute atomic E-state index is 0.0858. The number of rotatable bonds is 2. The molecule has 0 heterocycles. The van der Waals surface area contributed by atoms with Crippen molar-refractivity contribution >= 4 is 0 Å². The van der Waals surface area contributed by atoms with E-state index in [-0.39, 0.29) is 5.41 Å². The first-order valence-corrected chi connectivity index (χ1v) is 11.0. The first-order valence-electron chi connectivity index (χ1n) is 11.0. The first kappa shape index (κ1) is 25.7. The zero-order valence-electron chi connectivity index (χ0n) is 20.7. The Morgan fingerprint density at radius 1 is 0.367 bits per heavy atom. The molecule has 0 bridgehead atoms. The van der Waals surface area contributed by atoms with Crippen LogP contribution in [0, 0.1) is 5.41 Å². The van der Waals surface area contributed by atoms with Gasteiger partial charge in [-0.1, -0.05) is 153 Å². The van der Waals surface area contributed by atoms with E-state index in [1.165, 1.54) is 16.7 Å². The van der Waals surface area contributed by atoms with Gasteiger partial charge in [-0.3, -0.25) is 0 Å². The molecule has 0 atom stereocenters. The molecule has 0 aromatic heterocycles. The lowest BCUT2D eigenvalue weighted by molar-refractivity contribution is 0.469. The van der Waals surface area contributed by atoms with Gasteiger partial charge < -0.3 is 0 Å². The van der Waals surface area contributed by atoms with Crippen LogP contribution in [0.3, 0.4) is 0 Å². The second-order valence-corrected chi connectivity index (χ2v) is 11.0. The molecule has 0 nitrogen and oxygen atoms in total. The second-order valence-electron chi connectivity index (χ2n) is 11.0. The predicted octanol–water partition coefficient (Wildman–Crippen LogP) is 9.05. The van der Waals surface area contributed by atoms with E-state index in [2.05, 4.69) is 153 Å². The highest BCUT2D eigenvalue weighted by molar-refractivity contribution is 5.36. The van der Waals surface area contributed by atoms with Crippen LogP contribution in [0.2, 0.25) is 0 Å². The lowest BCUT2D eigenvalue weighted by Gasteiger charge is -2.25. The quantitative estimate of drug-likeness (QED) is 0.401. The highest BCUT2D eigenvalue weighted by atomic mass is 14.2. The fourth-order valence-electron chi connectivity index (χ4n) is 2.81. The molecule has 0 spiro atoms. The third-order valence-electron chi connectivity index (χ3n) is 4.63. The number of hydrogen-bond donors (Lipinski definition) is 0. The third kappa shape index (κ3) is 9.92. The molecule has 0 heteroatoms. The van der Waals surface area contributed by atoms with Crippen molar-refractivity contribution < 1.29 is 0 Å². The van der Waals surface area contributed by atoms with Gasteiger partial charge in [-0.15, -0.1) is 0 Å². The topological polar surface area (TPSA) is 0 Å². The second kappa shape index (κ2) is 11.2. The molecule has 0 N–H and O–H groups in total. The van der Waals surface area contributed by atoms with E-state index in [9.17, 15) is 0 Å². The molecular formula is C30H42. The van der Waals surface area contributed by atoms with Crippen LogP contribution in [-0.4, -0.2) is 0 Å². The summed E-state index contributed by atoms with van der Waals surface area (Å²) >= 11 is 0. The van der Waals surface area contributed by atoms with E-state index >= 15 is 0 Å². The van der Waals surface area contributed by atoms with Gasteiger partial charge in [0, 0.05) is 5.41 Å². The standard InChI is InChI=1S/C15H16.C10H14.C5H12/c1-15(2,13-9-5-3-6-10-13)14-11-7-4-8-12-14;1-10(2,3)9-7-5-4-6-8-9;1-5(2,3)4/h3-12H,1-2H3;4-8H,1-3H3;1-4H3. The van der Waals surface area contributed by atoms with Crippen LogP contribution in [0.15, 0.2) is 91.0 Å². The van der Waals surface area contributed by atoms with Gasteiger partial charge in [-0.25, -0.2) is 0 Å². The molecule has 3 rings (SSSR count). The molecule has 0 unspecified atom stereocenters. The Balaban J connectivity index is 0.000000259. The van der Waals surface area contributed by atoms with E-state index in [1.54, 1.807) is 0 Å². The SMILES string of the molecule is CC(C)(C)C.CC(C)(C)c1ccccc1.CC(C)(c1ccccc1)c1ccccc1. The summed E-state index contributed by atoms with van der Waals surface area (Å²) in [5, 5.41) is 0. The predicted molar refractivity (Wildman–Crippen MR) is 135 cm³/mol. The summed E-state index contributed by atoms with van der Waals surface area (Å²) in [6.45, 7) is 19.9. The normalized spacial score (nSPS) is 11.5. The van der Waals surface area contributed by atoms with Crippen molar-refractivity contribution in [3.8, 4) is 0 Å². The van der Waals surface area contributed by atoms with Crippen LogP contribution in [0.5, 0.6) is 0 Å². The van der Waals surface area contributed by atoms with E-state index < -0.39 is 0 Å². The van der Waals surface area contributed by atoms with Crippen molar-refractivity contribution in [3.05, 3.63) is 108 Å². The van der Waals surface area contributed by atoms with Crippen molar-refractivity contribution in [2.45, 2.75) is 73.1 Å². The lowest BCUT2D eigenvalue weighted by Crippen LogP contribution is -2.18. The van der Waals surface area contributed by atoms with Gasteiger partial charge in [0.1, 0.15) is 0 Å². The van der Waals surface area contributed by atoms with E-state index in [4.69, 9.17) is 0 Å². The number of hydrogen-bond acceptors (Lipinski definition) is 0. The average molecular weight is 403 g/mol. The molecule has 0 amide bonds. The zero-order valence-corrected chi connectivity index (χ0v) is 20.7. The smallest absolute Gasteiger partial charge is 0.0146 e. The summed E-state index contributed by atoms with van der Waals surface area (Å²) in [7, 11) is 0. The van der Waals surface area contributed by atoms with Gasteiger partial charge in [0.25, 0.3) is 0 Å². The molecule has 0 saturated heterocycles. The highest BCUT2D eigenvalue weighted by Gasteiger charge is 2.21. The summed E-state index contributed by atoms with van der Waals surface area (Å²) in [4.78, 5) is 0. The first-order chi connectivity index (χ1) is 13.8. The Kier molecular flexibility index (Phi) is 9.56. The van der Waals surface area contributed by atoms with Crippen LogP contribution >= 0.6 is 0 Å². The molecule has 3 aromatic carbocycles. The van der Waals surface area contributed by atoms with Gasteiger partial charge in [0.05, 0.1) is 0 Å². The third-order valence-corrected chi connectivity index (χ3v) is 4.63. The fraction of sp³-hybridized carbons (Fsp3) is 0.400. The van der Waals surface area contributed by atoms with Gasteiger partial charge in [0.2, 0.25) is 0 Å². The zero-order chi connectivity index (χ0) is 22.8. The molecule has 0 aliphatic rings.